The van der Waals surface area contributed by atoms with Gasteiger partial charge in [-0.1, -0.05) is 35.3 Å². The molecule has 3 nitrogen and oxygen atoms in total. The molecular formula is C14H16Cl2O3S. The van der Waals surface area contributed by atoms with Crippen LogP contribution in [0.25, 0.3) is 0 Å². The molecule has 0 bridgehead atoms. The summed E-state index contributed by atoms with van der Waals surface area (Å²) < 4.78 is 16.9. The van der Waals surface area contributed by atoms with E-state index in [4.69, 9.17) is 23.2 Å². The van der Waals surface area contributed by atoms with Crippen molar-refractivity contribution < 1.29 is 13.7 Å². The fourth-order valence-electron chi connectivity index (χ4n) is 2.15. The Kier molecular flexibility index (Phi) is 5.10. The van der Waals surface area contributed by atoms with Crippen LogP contribution in [0.15, 0.2) is 18.2 Å². The number of halogens is 2. The van der Waals surface area contributed by atoms with E-state index >= 15 is 0 Å². The zero-order chi connectivity index (χ0) is 14.8. The molecule has 1 aromatic carbocycles. The molecule has 1 unspecified atom stereocenters. The van der Waals surface area contributed by atoms with Crippen molar-refractivity contribution in [2.24, 2.45) is 5.41 Å². The molecular weight excluding hydrogens is 319 g/mol. The predicted octanol–water partition coefficient (Wildman–Crippen LogP) is 3.59. The maximum absolute atomic E-state index is 12.3. The SMILES string of the molecule is COC(=O)CC1(CS(=O)Cc2cccc(Cl)c2Cl)CC1. The molecule has 110 valence electrons. The molecule has 0 heterocycles. The quantitative estimate of drug-likeness (QED) is 0.746. The van der Waals surface area contributed by atoms with Crippen LogP contribution in [-0.2, 0) is 26.1 Å². The Morgan fingerprint density at radius 2 is 2.10 bits per heavy atom. The number of methoxy groups -OCH3 is 1. The van der Waals surface area contributed by atoms with Crippen LogP contribution in [0, 0.1) is 5.41 Å². The summed E-state index contributed by atoms with van der Waals surface area (Å²) in [5.41, 5.74) is 0.648. The number of rotatable bonds is 6. The molecule has 1 aliphatic rings. The summed E-state index contributed by atoms with van der Waals surface area (Å²) in [6, 6.07) is 5.32. The molecule has 0 spiro atoms. The van der Waals surface area contributed by atoms with E-state index in [2.05, 4.69) is 4.74 Å². The van der Waals surface area contributed by atoms with Gasteiger partial charge in [0.05, 0.1) is 29.3 Å². The molecule has 0 N–H and O–H groups in total. The summed E-state index contributed by atoms with van der Waals surface area (Å²) in [5.74, 6) is 0.632. The highest BCUT2D eigenvalue weighted by molar-refractivity contribution is 7.84. The highest BCUT2D eigenvalue weighted by Crippen LogP contribution is 2.49. The normalized spacial score (nSPS) is 17.6. The van der Waals surface area contributed by atoms with E-state index in [9.17, 15) is 9.00 Å². The van der Waals surface area contributed by atoms with Crippen molar-refractivity contribution >= 4 is 40.0 Å². The first-order valence-corrected chi connectivity index (χ1v) is 8.55. The number of hydrogen-bond acceptors (Lipinski definition) is 3. The Morgan fingerprint density at radius 3 is 2.70 bits per heavy atom. The fourth-order valence-corrected chi connectivity index (χ4v) is 4.38. The van der Waals surface area contributed by atoms with E-state index in [1.165, 1.54) is 7.11 Å². The van der Waals surface area contributed by atoms with Crippen LogP contribution < -0.4 is 0 Å². The molecule has 20 heavy (non-hydrogen) atoms. The Morgan fingerprint density at radius 1 is 1.40 bits per heavy atom. The molecule has 6 heteroatoms. The van der Waals surface area contributed by atoms with Crippen LogP contribution in [0.4, 0.5) is 0 Å². The summed E-state index contributed by atoms with van der Waals surface area (Å²) in [5, 5.41) is 0.928. The smallest absolute Gasteiger partial charge is 0.306 e. The van der Waals surface area contributed by atoms with Gasteiger partial charge in [-0.3, -0.25) is 9.00 Å². The van der Waals surface area contributed by atoms with Gasteiger partial charge in [0.1, 0.15) is 0 Å². The number of carbonyl (C=O) groups is 1. The van der Waals surface area contributed by atoms with Crippen LogP contribution in [0.2, 0.25) is 10.0 Å². The zero-order valence-electron chi connectivity index (χ0n) is 11.2. The van der Waals surface area contributed by atoms with Gasteiger partial charge in [0.2, 0.25) is 0 Å². The van der Waals surface area contributed by atoms with E-state index in [-0.39, 0.29) is 11.4 Å². The standard InChI is InChI=1S/C14H16Cl2O3S/c1-19-12(17)7-14(5-6-14)9-20(18)8-10-3-2-4-11(15)13(10)16/h2-4H,5-9H2,1H3. The second-order valence-electron chi connectivity index (χ2n) is 5.19. The Bertz CT molecular complexity index is 541. The minimum absolute atomic E-state index is 0.136. The summed E-state index contributed by atoms with van der Waals surface area (Å²) in [4.78, 5) is 11.3. The molecule has 0 amide bonds. The van der Waals surface area contributed by atoms with Crippen molar-refractivity contribution in [3.8, 4) is 0 Å². The zero-order valence-corrected chi connectivity index (χ0v) is 13.5. The van der Waals surface area contributed by atoms with E-state index < -0.39 is 10.8 Å². The first-order chi connectivity index (χ1) is 9.46. The first-order valence-electron chi connectivity index (χ1n) is 6.30. The van der Waals surface area contributed by atoms with Gasteiger partial charge in [0.25, 0.3) is 0 Å². The van der Waals surface area contributed by atoms with Crippen LogP contribution >= 0.6 is 23.2 Å². The van der Waals surface area contributed by atoms with Crippen molar-refractivity contribution in [3.05, 3.63) is 33.8 Å². The van der Waals surface area contributed by atoms with Crippen molar-refractivity contribution in [1.29, 1.82) is 0 Å². The van der Waals surface area contributed by atoms with Crippen LogP contribution in [0.1, 0.15) is 24.8 Å². The van der Waals surface area contributed by atoms with E-state index in [0.29, 0.717) is 28.0 Å². The largest absolute Gasteiger partial charge is 0.469 e. The van der Waals surface area contributed by atoms with Gasteiger partial charge < -0.3 is 4.74 Å². The monoisotopic (exact) mass is 334 g/mol. The number of carbonyl (C=O) groups excluding carboxylic acids is 1. The van der Waals surface area contributed by atoms with Gasteiger partial charge >= 0.3 is 5.97 Å². The molecule has 1 atom stereocenters. The molecule has 0 aliphatic heterocycles. The van der Waals surface area contributed by atoms with Gasteiger partial charge in [-0.05, 0) is 29.9 Å². The highest BCUT2D eigenvalue weighted by atomic mass is 35.5. The third-order valence-electron chi connectivity index (χ3n) is 3.52. The van der Waals surface area contributed by atoms with E-state index in [1.54, 1.807) is 12.1 Å². The average Bonchev–Trinajstić information content (AvgIpc) is 3.14. The summed E-state index contributed by atoms with van der Waals surface area (Å²) in [6.45, 7) is 0. The third-order valence-corrected chi connectivity index (χ3v) is 5.94. The lowest BCUT2D eigenvalue weighted by Crippen LogP contribution is -2.18. The summed E-state index contributed by atoms with van der Waals surface area (Å²) in [6.07, 6.45) is 2.20. The molecule has 1 aromatic rings. The Hall–Kier alpha value is -0.580. The third kappa shape index (κ3) is 3.96. The molecule has 0 radical (unpaired) electrons. The van der Waals surface area contributed by atoms with Crippen LogP contribution in [-0.4, -0.2) is 23.0 Å². The minimum Gasteiger partial charge on any atom is -0.469 e. The van der Waals surface area contributed by atoms with Gasteiger partial charge in [0, 0.05) is 16.6 Å². The molecule has 0 aromatic heterocycles. The van der Waals surface area contributed by atoms with Crippen molar-refractivity contribution in [1.82, 2.24) is 0 Å². The Balaban J connectivity index is 1.96. The number of esters is 1. The van der Waals surface area contributed by atoms with E-state index in [0.717, 1.165) is 18.4 Å². The summed E-state index contributed by atoms with van der Waals surface area (Å²) in [7, 11) is 0.310. The molecule has 1 saturated carbocycles. The molecule has 2 rings (SSSR count). The lowest BCUT2D eigenvalue weighted by molar-refractivity contribution is -0.141. The topological polar surface area (TPSA) is 43.4 Å². The lowest BCUT2D eigenvalue weighted by atomic mass is 10.1. The molecule has 1 fully saturated rings. The van der Waals surface area contributed by atoms with E-state index in [1.807, 2.05) is 6.07 Å². The van der Waals surface area contributed by atoms with Crippen LogP contribution in [0.5, 0.6) is 0 Å². The minimum atomic E-state index is -1.07. The fraction of sp³-hybridized carbons (Fsp3) is 0.500. The second kappa shape index (κ2) is 6.46. The Labute approximate surface area is 131 Å². The highest BCUT2D eigenvalue weighted by Gasteiger charge is 2.45. The maximum Gasteiger partial charge on any atom is 0.306 e. The predicted molar refractivity (Wildman–Crippen MR) is 81.5 cm³/mol. The number of hydrogen-bond donors (Lipinski definition) is 0. The van der Waals surface area contributed by atoms with Crippen molar-refractivity contribution in [2.45, 2.75) is 25.0 Å². The van der Waals surface area contributed by atoms with Crippen LogP contribution in [0.3, 0.4) is 0 Å². The molecule has 0 saturated heterocycles. The first kappa shape index (κ1) is 15.8. The number of benzene rings is 1. The average molecular weight is 335 g/mol. The van der Waals surface area contributed by atoms with Crippen molar-refractivity contribution in [3.63, 3.8) is 0 Å². The van der Waals surface area contributed by atoms with Crippen molar-refractivity contribution in [2.75, 3.05) is 12.9 Å². The van der Waals surface area contributed by atoms with Gasteiger partial charge in [-0.25, -0.2) is 0 Å². The lowest BCUT2D eigenvalue weighted by Gasteiger charge is -2.13. The second-order valence-corrected chi connectivity index (χ2v) is 7.44. The van der Waals surface area contributed by atoms with Gasteiger partial charge in [-0.2, -0.15) is 0 Å². The van der Waals surface area contributed by atoms with Gasteiger partial charge in [-0.15, -0.1) is 0 Å². The summed E-state index contributed by atoms with van der Waals surface area (Å²) >= 11 is 12.0. The van der Waals surface area contributed by atoms with Gasteiger partial charge in [0.15, 0.2) is 0 Å². The maximum atomic E-state index is 12.3. The molecule has 1 aliphatic carbocycles. The number of ether oxygens (including phenoxy) is 1.